The Morgan fingerprint density at radius 1 is 0.866 bits per heavy atom. The molecular formula is C55H80N10O15S2. The summed E-state index contributed by atoms with van der Waals surface area (Å²) in [4.78, 5) is 110. The molecule has 3 aliphatic heterocycles. The van der Waals surface area contributed by atoms with Crippen LogP contribution in [0.25, 0.3) is 10.8 Å². The molecule has 4 aliphatic rings. The number of thioether (sulfide) groups is 1. The van der Waals surface area contributed by atoms with Crippen molar-refractivity contribution >= 4 is 79.9 Å². The van der Waals surface area contributed by atoms with Crippen LogP contribution in [0.2, 0.25) is 0 Å². The average Bonchev–Trinajstić information content (AvgIpc) is 4.12. The van der Waals surface area contributed by atoms with E-state index in [0.29, 0.717) is 101 Å². The molecule has 1 aromatic heterocycles. The normalized spacial score (nSPS) is 20.2. The predicted octanol–water partition coefficient (Wildman–Crippen LogP) is 1.40. The van der Waals surface area contributed by atoms with Gasteiger partial charge in [0.25, 0.3) is 5.91 Å². The summed E-state index contributed by atoms with van der Waals surface area (Å²) in [7, 11) is -2.48. The molecule has 1 aromatic carbocycles. The monoisotopic (exact) mass is 1180 g/mol. The van der Waals surface area contributed by atoms with Crippen molar-refractivity contribution < 1.29 is 70.5 Å². The van der Waals surface area contributed by atoms with Crippen molar-refractivity contribution in [2.45, 2.75) is 137 Å². The maximum Gasteiger partial charge on any atom is 0.315 e. The third-order valence-electron chi connectivity index (χ3n) is 14.2. The van der Waals surface area contributed by atoms with Crippen molar-refractivity contribution in [1.29, 1.82) is 0 Å². The zero-order valence-electron chi connectivity index (χ0n) is 46.8. The van der Waals surface area contributed by atoms with E-state index in [9.17, 15) is 46.8 Å². The lowest BCUT2D eigenvalue weighted by atomic mass is 9.96. The second-order valence-electron chi connectivity index (χ2n) is 20.7. The van der Waals surface area contributed by atoms with E-state index in [2.05, 4.69) is 60.1 Å². The van der Waals surface area contributed by atoms with Gasteiger partial charge in [-0.1, -0.05) is 19.1 Å². The van der Waals surface area contributed by atoms with Crippen LogP contribution in [-0.4, -0.2) is 191 Å². The van der Waals surface area contributed by atoms with Gasteiger partial charge < -0.3 is 65.8 Å². The number of unbranched alkanes of at least 4 members (excludes halogenated alkanes) is 1. The number of nitrogens with one attached hydrogen (secondary N) is 8. The summed E-state index contributed by atoms with van der Waals surface area (Å²) in [5.41, 5.74) is -1.83. The number of nitrogens with zero attached hydrogens (tertiary/aromatic N) is 2. The van der Waals surface area contributed by atoms with Gasteiger partial charge in [-0.25, -0.2) is 18.2 Å². The lowest BCUT2D eigenvalue weighted by Crippen LogP contribution is -2.62. The van der Waals surface area contributed by atoms with Gasteiger partial charge in [0.1, 0.15) is 29.5 Å². The molecule has 25 nitrogen and oxygen atoms in total. The van der Waals surface area contributed by atoms with Crippen LogP contribution in [0.5, 0.6) is 11.6 Å². The maximum absolute atomic E-state index is 14.6. The molecule has 452 valence electrons. The molecule has 3 saturated heterocycles. The first-order chi connectivity index (χ1) is 39.4. The van der Waals surface area contributed by atoms with Crippen molar-refractivity contribution in [2.24, 2.45) is 0 Å². The van der Waals surface area contributed by atoms with E-state index in [1.807, 2.05) is 11.8 Å². The number of methoxy groups -OCH3 is 1. The lowest BCUT2D eigenvalue weighted by molar-refractivity contribution is -0.143. The van der Waals surface area contributed by atoms with E-state index in [1.165, 1.54) is 31.2 Å². The smallest absolute Gasteiger partial charge is 0.315 e. The first-order valence-corrected chi connectivity index (χ1v) is 30.6. The number of benzene rings is 1. The van der Waals surface area contributed by atoms with Gasteiger partial charge in [-0.05, 0) is 94.0 Å². The Labute approximate surface area is 483 Å². The Balaban J connectivity index is 0.883. The fourth-order valence-electron chi connectivity index (χ4n) is 9.58. The molecule has 1 aliphatic carbocycles. The lowest BCUT2D eigenvalue weighted by Gasteiger charge is -2.33. The van der Waals surface area contributed by atoms with Crippen LogP contribution in [0.1, 0.15) is 90.4 Å². The summed E-state index contributed by atoms with van der Waals surface area (Å²) in [6.07, 6.45) is 7.84. The Kier molecular flexibility index (Phi) is 25.5. The number of hydrogen-bond acceptors (Lipinski definition) is 17. The third-order valence-corrected chi connectivity index (χ3v) is 17.5. The summed E-state index contributed by atoms with van der Waals surface area (Å²) in [5.74, 6) is -2.42. The number of urea groups is 1. The van der Waals surface area contributed by atoms with Gasteiger partial charge in [0.15, 0.2) is 0 Å². The van der Waals surface area contributed by atoms with Crippen LogP contribution >= 0.6 is 11.8 Å². The number of carbonyl (C=O) groups is 8. The minimum Gasteiger partial charge on any atom is -0.497 e. The molecule has 8 N–H and O–H groups in total. The molecule has 0 unspecified atom stereocenters. The SMILES string of the molecule is C=CC[C@](C)(NC(=O)[C@@H]1C[C@@H](Oc2nccc3cc(OC)ccc23)CN1C(=O)[C@H](CNC(=O)C=C)NC(=O)CCCC(=O)NCCCOCCOCCOCCCNC(=O)CCCC[C@@H]1SC[C@@H]2NC(=O)N[C@@H]21)C(=O)NS(=O)(=O)C1CC1. The number of pyridine rings is 1. The van der Waals surface area contributed by atoms with Crippen LogP contribution in [0.4, 0.5) is 4.79 Å². The Morgan fingerprint density at radius 2 is 1.54 bits per heavy atom. The summed E-state index contributed by atoms with van der Waals surface area (Å²) in [6, 6.07) is 4.57. The number of ether oxygens (including phenoxy) is 5. The summed E-state index contributed by atoms with van der Waals surface area (Å²) >= 11 is 1.88. The molecular weight excluding hydrogens is 1100 g/mol. The number of rotatable bonds is 38. The first-order valence-electron chi connectivity index (χ1n) is 28.0. The van der Waals surface area contributed by atoms with Crippen LogP contribution in [0.15, 0.2) is 55.8 Å². The minimum atomic E-state index is -4.01. The summed E-state index contributed by atoms with van der Waals surface area (Å²) in [6.45, 7) is 11.1. The summed E-state index contributed by atoms with van der Waals surface area (Å²) < 4.78 is 56.2. The predicted molar refractivity (Wildman–Crippen MR) is 305 cm³/mol. The molecule has 4 fully saturated rings. The highest BCUT2D eigenvalue weighted by molar-refractivity contribution is 8.00. The standard InChI is InChI=1S/C55H80N10O15S2/c1-5-21-55(3,53(72)64-82(74,75)39-17-18-39)63-50(70)43-32-38(80-51-40-19-16-37(76-4)31-36(40)20-24-58-51)34-65(43)52(71)41(33-59-45(66)6-2)60-48(69)15-9-14-47(68)57-23-11-26-78-28-30-79-29-27-77-25-10-22-56-46(67)13-8-7-12-44-49-42(35-81-44)61-54(73)62-49/h5-6,16,19-20,24,31,38-39,41-44,49H,1-2,7-15,17-18,21-23,25-30,32-35H2,3-4H3,(H,56,67)(H,57,68)(H,59,66)(H,60,69)(H,63,70)(H,64,72)(H2,61,62,73)/t38-,41+,42+,43+,44+,49+,55+/m1/s1. The van der Waals surface area contributed by atoms with Crippen molar-refractivity contribution in [3.05, 3.63) is 55.8 Å². The molecule has 0 spiro atoms. The highest BCUT2D eigenvalue weighted by Crippen LogP contribution is 2.34. The van der Waals surface area contributed by atoms with Crippen LogP contribution in [0, 0.1) is 0 Å². The fourth-order valence-corrected chi connectivity index (χ4v) is 12.5. The van der Waals surface area contributed by atoms with E-state index < -0.39 is 75.1 Å². The van der Waals surface area contributed by atoms with E-state index in [4.69, 9.17) is 23.7 Å². The van der Waals surface area contributed by atoms with Gasteiger partial charge >= 0.3 is 6.03 Å². The van der Waals surface area contributed by atoms with Gasteiger partial charge in [0.05, 0.1) is 57.4 Å². The molecule has 7 atom stereocenters. The second kappa shape index (κ2) is 32.3. The number of aromatic nitrogens is 1. The van der Waals surface area contributed by atoms with Crippen LogP contribution in [0.3, 0.4) is 0 Å². The van der Waals surface area contributed by atoms with E-state index >= 15 is 0 Å². The summed E-state index contributed by atoms with van der Waals surface area (Å²) in [5, 5.41) is 20.5. The van der Waals surface area contributed by atoms with Crippen molar-refractivity contribution in [1.82, 2.24) is 51.8 Å². The number of carbonyl (C=O) groups excluding carboxylic acids is 8. The fraction of sp³-hybridized carbons (Fsp3) is 0.618. The van der Waals surface area contributed by atoms with Gasteiger partial charge in [0, 0.05) is 81.1 Å². The zero-order valence-corrected chi connectivity index (χ0v) is 48.4. The molecule has 0 radical (unpaired) electrons. The molecule has 0 bridgehead atoms. The molecule has 6 rings (SSSR count). The van der Waals surface area contributed by atoms with Gasteiger partial charge in [0.2, 0.25) is 51.3 Å². The number of amides is 9. The van der Waals surface area contributed by atoms with Gasteiger partial charge in [-0.2, -0.15) is 11.8 Å². The average molecular weight is 1190 g/mol. The van der Waals surface area contributed by atoms with Crippen LogP contribution < -0.4 is 51.4 Å². The molecule has 4 heterocycles. The number of sulfonamides is 1. The number of likely N-dealkylation sites (tertiary alicyclic amines) is 1. The third kappa shape index (κ3) is 20.1. The van der Waals surface area contributed by atoms with E-state index in [-0.39, 0.29) is 74.5 Å². The van der Waals surface area contributed by atoms with Gasteiger partial charge in [-0.15, -0.1) is 6.58 Å². The highest BCUT2D eigenvalue weighted by atomic mass is 32.2. The highest BCUT2D eigenvalue weighted by Gasteiger charge is 2.48. The number of hydrogen-bond donors (Lipinski definition) is 8. The first kappa shape index (κ1) is 64.6. The molecule has 27 heteroatoms. The Hall–Kier alpha value is -6.55. The van der Waals surface area contributed by atoms with Crippen molar-refractivity contribution in [3.63, 3.8) is 0 Å². The van der Waals surface area contributed by atoms with E-state index in [1.54, 1.807) is 24.3 Å². The minimum absolute atomic E-state index is 0.00460. The molecule has 9 amide bonds. The quantitative estimate of drug-likeness (QED) is 0.0204. The van der Waals surface area contributed by atoms with Gasteiger partial charge in [-0.3, -0.25) is 38.3 Å². The molecule has 1 saturated carbocycles. The Bertz CT molecular complexity index is 2680. The largest absolute Gasteiger partial charge is 0.497 e. The van der Waals surface area contributed by atoms with E-state index in [0.717, 1.165) is 36.5 Å². The maximum atomic E-state index is 14.6. The second-order valence-corrected chi connectivity index (χ2v) is 23.9. The Morgan fingerprint density at radius 3 is 2.20 bits per heavy atom. The molecule has 82 heavy (non-hydrogen) atoms. The zero-order chi connectivity index (χ0) is 59.1. The topological polar surface area (TPSA) is 329 Å². The number of fused-ring (bicyclic) bond motifs is 2. The van der Waals surface area contributed by atoms with Crippen molar-refractivity contribution in [3.8, 4) is 11.6 Å². The molecule has 2 aromatic rings. The van der Waals surface area contributed by atoms with Crippen LogP contribution in [-0.2, 0) is 57.8 Å². The van der Waals surface area contributed by atoms with Crippen molar-refractivity contribution in [2.75, 3.05) is 78.7 Å².